The maximum atomic E-state index is 11.6. The van der Waals surface area contributed by atoms with Crippen molar-refractivity contribution in [3.05, 3.63) is 30.1 Å². The van der Waals surface area contributed by atoms with Gasteiger partial charge in [0.05, 0.1) is 6.54 Å². The standard InChI is InChI=1S/C12H17N3O4/c1-15(7-5-9-4-2-3-6-13-9)12(19)14-8-10(16)11(17)18/h2-4,6,10,16H,5,7-8H2,1H3,(H,14,19)(H,17,18). The fourth-order valence-corrected chi connectivity index (χ4v) is 1.34. The molecule has 0 aliphatic rings. The summed E-state index contributed by atoms with van der Waals surface area (Å²) in [5.41, 5.74) is 0.868. The minimum Gasteiger partial charge on any atom is -0.479 e. The first kappa shape index (κ1) is 14.9. The Morgan fingerprint density at radius 2 is 2.21 bits per heavy atom. The number of aromatic nitrogens is 1. The van der Waals surface area contributed by atoms with Gasteiger partial charge >= 0.3 is 12.0 Å². The molecule has 1 unspecified atom stereocenters. The lowest BCUT2D eigenvalue weighted by Gasteiger charge is -2.18. The van der Waals surface area contributed by atoms with Crippen LogP contribution in [0.3, 0.4) is 0 Å². The van der Waals surface area contributed by atoms with Crippen LogP contribution < -0.4 is 5.32 Å². The molecule has 1 aromatic heterocycles. The van der Waals surface area contributed by atoms with Gasteiger partial charge in [-0.05, 0) is 12.1 Å². The van der Waals surface area contributed by atoms with Crippen LogP contribution in [-0.4, -0.2) is 58.3 Å². The van der Waals surface area contributed by atoms with Gasteiger partial charge in [-0.1, -0.05) is 6.07 Å². The summed E-state index contributed by atoms with van der Waals surface area (Å²) in [6, 6.07) is 5.11. The lowest BCUT2D eigenvalue weighted by atomic mass is 10.2. The first-order valence-corrected chi connectivity index (χ1v) is 5.80. The summed E-state index contributed by atoms with van der Waals surface area (Å²) in [7, 11) is 1.59. The van der Waals surface area contributed by atoms with Crippen molar-refractivity contribution in [1.29, 1.82) is 0 Å². The number of aliphatic carboxylic acids is 1. The Morgan fingerprint density at radius 3 is 2.79 bits per heavy atom. The molecule has 0 fully saturated rings. The molecule has 3 N–H and O–H groups in total. The smallest absolute Gasteiger partial charge is 0.334 e. The highest BCUT2D eigenvalue weighted by Gasteiger charge is 2.15. The van der Waals surface area contributed by atoms with Crippen molar-refractivity contribution in [3.63, 3.8) is 0 Å². The number of carboxylic acid groups (broad SMARTS) is 1. The van der Waals surface area contributed by atoms with E-state index < -0.39 is 18.1 Å². The molecule has 0 aliphatic heterocycles. The average Bonchev–Trinajstić information content (AvgIpc) is 2.42. The summed E-state index contributed by atoms with van der Waals surface area (Å²) in [6.07, 6.45) is 0.693. The van der Waals surface area contributed by atoms with E-state index in [0.29, 0.717) is 13.0 Å². The number of urea groups is 1. The van der Waals surface area contributed by atoms with Crippen molar-refractivity contribution in [1.82, 2.24) is 15.2 Å². The normalized spacial score (nSPS) is 11.7. The molecule has 19 heavy (non-hydrogen) atoms. The molecule has 1 atom stereocenters. The van der Waals surface area contributed by atoms with Gasteiger partial charge in [0.1, 0.15) is 0 Å². The third-order valence-corrected chi connectivity index (χ3v) is 2.51. The van der Waals surface area contributed by atoms with Gasteiger partial charge in [-0.3, -0.25) is 4.98 Å². The highest BCUT2D eigenvalue weighted by Crippen LogP contribution is 1.96. The lowest BCUT2D eigenvalue weighted by Crippen LogP contribution is -2.43. The van der Waals surface area contributed by atoms with E-state index in [2.05, 4.69) is 10.3 Å². The molecule has 0 saturated carbocycles. The summed E-state index contributed by atoms with van der Waals surface area (Å²) in [6.45, 7) is 0.133. The van der Waals surface area contributed by atoms with Crippen LogP contribution in [0.25, 0.3) is 0 Å². The summed E-state index contributed by atoms with van der Waals surface area (Å²) >= 11 is 0. The zero-order valence-electron chi connectivity index (χ0n) is 10.6. The number of nitrogens with zero attached hydrogens (tertiary/aromatic N) is 2. The molecule has 7 nitrogen and oxygen atoms in total. The quantitative estimate of drug-likeness (QED) is 0.657. The van der Waals surface area contributed by atoms with Gasteiger partial charge < -0.3 is 20.4 Å². The van der Waals surface area contributed by atoms with Crippen LogP contribution in [-0.2, 0) is 11.2 Å². The van der Waals surface area contributed by atoms with Crippen molar-refractivity contribution in [3.8, 4) is 0 Å². The number of rotatable bonds is 6. The Kier molecular flexibility index (Phi) is 5.74. The molecule has 1 aromatic rings. The second-order valence-electron chi connectivity index (χ2n) is 4.03. The van der Waals surface area contributed by atoms with Gasteiger partial charge in [0.15, 0.2) is 6.10 Å². The highest BCUT2D eigenvalue weighted by atomic mass is 16.4. The van der Waals surface area contributed by atoms with Crippen LogP contribution in [0, 0.1) is 0 Å². The molecule has 2 amide bonds. The molecule has 1 rings (SSSR count). The second-order valence-corrected chi connectivity index (χ2v) is 4.03. The Balaban J connectivity index is 2.31. The number of amides is 2. The number of carbonyl (C=O) groups is 2. The van der Waals surface area contributed by atoms with Gasteiger partial charge in [0.2, 0.25) is 0 Å². The minimum atomic E-state index is -1.59. The van der Waals surface area contributed by atoms with E-state index in [4.69, 9.17) is 10.2 Å². The largest absolute Gasteiger partial charge is 0.479 e. The van der Waals surface area contributed by atoms with Crippen LogP contribution in [0.1, 0.15) is 5.69 Å². The first-order valence-electron chi connectivity index (χ1n) is 5.80. The monoisotopic (exact) mass is 267 g/mol. The number of nitrogens with one attached hydrogen (secondary N) is 1. The van der Waals surface area contributed by atoms with Crippen LogP contribution >= 0.6 is 0 Å². The van der Waals surface area contributed by atoms with Crippen LogP contribution in [0.4, 0.5) is 4.79 Å². The Hall–Kier alpha value is -2.15. The maximum Gasteiger partial charge on any atom is 0.334 e. The highest BCUT2D eigenvalue weighted by molar-refractivity contribution is 5.76. The number of carboxylic acids is 1. The van der Waals surface area contributed by atoms with Crippen molar-refractivity contribution < 1.29 is 19.8 Å². The fraction of sp³-hybridized carbons (Fsp3) is 0.417. The molecule has 7 heteroatoms. The van der Waals surface area contributed by atoms with Gasteiger partial charge in [-0.25, -0.2) is 9.59 Å². The van der Waals surface area contributed by atoms with Gasteiger partial charge in [0.25, 0.3) is 0 Å². The van der Waals surface area contributed by atoms with E-state index in [1.54, 1.807) is 13.2 Å². The number of likely N-dealkylation sites (N-methyl/N-ethyl adjacent to an activating group) is 1. The van der Waals surface area contributed by atoms with E-state index in [1.807, 2.05) is 18.2 Å². The Morgan fingerprint density at radius 1 is 1.47 bits per heavy atom. The number of aliphatic hydroxyl groups is 1. The zero-order chi connectivity index (χ0) is 14.3. The molecule has 0 radical (unpaired) electrons. The van der Waals surface area contributed by atoms with Gasteiger partial charge in [-0.2, -0.15) is 0 Å². The molecular weight excluding hydrogens is 250 g/mol. The SMILES string of the molecule is CN(CCc1ccccn1)C(=O)NCC(O)C(=O)O. The third kappa shape index (κ3) is 5.35. The molecule has 0 bridgehead atoms. The average molecular weight is 267 g/mol. The number of carbonyl (C=O) groups excluding carboxylic acids is 1. The number of hydrogen-bond donors (Lipinski definition) is 3. The van der Waals surface area contributed by atoms with Crippen molar-refractivity contribution in [2.24, 2.45) is 0 Å². The van der Waals surface area contributed by atoms with Gasteiger partial charge in [0, 0.05) is 31.9 Å². The zero-order valence-corrected chi connectivity index (χ0v) is 10.6. The van der Waals surface area contributed by atoms with E-state index in [1.165, 1.54) is 4.90 Å². The molecular formula is C12H17N3O4. The summed E-state index contributed by atoms with van der Waals surface area (Å²) < 4.78 is 0. The number of pyridine rings is 1. The fourth-order valence-electron chi connectivity index (χ4n) is 1.34. The number of aliphatic hydroxyl groups excluding tert-OH is 1. The molecule has 104 valence electrons. The maximum absolute atomic E-state index is 11.6. The van der Waals surface area contributed by atoms with Crippen LogP contribution in [0.5, 0.6) is 0 Å². The lowest BCUT2D eigenvalue weighted by molar-refractivity contribution is -0.146. The topological polar surface area (TPSA) is 103 Å². The van der Waals surface area contributed by atoms with Crippen molar-refractivity contribution in [2.45, 2.75) is 12.5 Å². The summed E-state index contributed by atoms with van der Waals surface area (Å²) in [4.78, 5) is 27.5. The minimum absolute atomic E-state index is 0.317. The summed E-state index contributed by atoms with van der Waals surface area (Å²) in [5.74, 6) is -1.36. The summed E-state index contributed by atoms with van der Waals surface area (Å²) in [5, 5.41) is 19.8. The van der Waals surface area contributed by atoms with E-state index >= 15 is 0 Å². The molecule has 1 heterocycles. The third-order valence-electron chi connectivity index (χ3n) is 2.51. The molecule has 0 saturated heterocycles. The Bertz CT molecular complexity index is 424. The predicted molar refractivity (Wildman–Crippen MR) is 67.6 cm³/mol. The van der Waals surface area contributed by atoms with E-state index in [9.17, 15) is 9.59 Å². The Labute approximate surface area is 110 Å². The molecule has 0 aliphatic carbocycles. The molecule has 0 spiro atoms. The van der Waals surface area contributed by atoms with Crippen molar-refractivity contribution >= 4 is 12.0 Å². The van der Waals surface area contributed by atoms with E-state index in [-0.39, 0.29) is 6.54 Å². The molecule has 0 aromatic carbocycles. The first-order chi connectivity index (χ1) is 9.00. The van der Waals surface area contributed by atoms with Crippen LogP contribution in [0.15, 0.2) is 24.4 Å². The van der Waals surface area contributed by atoms with Gasteiger partial charge in [-0.15, -0.1) is 0 Å². The second kappa shape index (κ2) is 7.32. The van der Waals surface area contributed by atoms with Crippen LogP contribution in [0.2, 0.25) is 0 Å². The van der Waals surface area contributed by atoms with Crippen molar-refractivity contribution in [2.75, 3.05) is 20.1 Å². The predicted octanol–water partition coefficient (Wildman–Crippen LogP) is -0.289. The van der Waals surface area contributed by atoms with E-state index in [0.717, 1.165) is 5.69 Å². The number of hydrogen-bond acceptors (Lipinski definition) is 4.